The first-order valence-corrected chi connectivity index (χ1v) is 12.5. The van der Waals surface area contributed by atoms with E-state index >= 15 is 0 Å². The van der Waals surface area contributed by atoms with Crippen molar-refractivity contribution in [3.05, 3.63) is 51.1 Å². The Morgan fingerprint density at radius 3 is 2.54 bits per heavy atom. The lowest BCUT2D eigenvalue weighted by molar-refractivity contribution is -0.149. The van der Waals surface area contributed by atoms with Crippen LogP contribution in [0.1, 0.15) is 75.5 Å². The highest BCUT2D eigenvalue weighted by molar-refractivity contribution is 5.85. The molecule has 9 nitrogen and oxygen atoms in total. The van der Waals surface area contributed by atoms with Crippen molar-refractivity contribution >= 4 is 16.9 Å². The Morgan fingerprint density at radius 2 is 1.89 bits per heavy atom. The molecule has 0 spiro atoms. The molecule has 188 valence electrons. The Labute approximate surface area is 205 Å². The van der Waals surface area contributed by atoms with Crippen LogP contribution in [0.3, 0.4) is 0 Å². The summed E-state index contributed by atoms with van der Waals surface area (Å²) in [6, 6.07) is 5.65. The van der Waals surface area contributed by atoms with Crippen molar-refractivity contribution < 1.29 is 9.53 Å². The lowest BCUT2D eigenvalue weighted by Crippen LogP contribution is -2.43. The van der Waals surface area contributed by atoms with Crippen LogP contribution in [0.15, 0.2) is 23.0 Å². The van der Waals surface area contributed by atoms with Gasteiger partial charge in [-0.25, -0.2) is 4.68 Å². The number of nitrogens with one attached hydrogen (secondary N) is 1. The van der Waals surface area contributed by atoms with E-state index in [9.17, 15) is 9.59 Å². The van der Waals surface area contributed by atoms with E-state index in [1.54, 1.807) is 0 Å². The van der Waals surface area contributed by atoms with Gasteiger partial charge >= 0.3 is 5.97 Å². The third-order valence-corrected chi connectivity index (χ3v) is 7.46. The standard InChI is InChI=1S/C26H36N6O3/c1-7-26(5,6)32-23(28-29-30-32)22(31-13-11-18(12-14-31)25(34)35-8-2)20-15-19-16(3)9-10-17(4)21(19)27-24(20)33/h9-10,15,18,22H,7-8,11-14H2,1-6H3,(H,27,33)/t22-/m1/s1. The van der Waals surface area contributed by atoms with Crippen LogP contribution in [0.4, 0.5) is 0 Å². The van der Waals surface area contributed by atoms with Crippen LogP contribution >= 0.6 is 0 Å². The van der Waals surface area contributed by atoms with Gasteiger partial charge in [0.15, 0.2) is 5.82 Å². The Kier molecular flexibility index (Phi) is 7.07. The third-order valence-electron chi connectivity index (χ3n) is 7.46. The molecule has 0 saturated carbocycles. The molecule has 1 N–H and O–H groups in total. The number of pyridine rings is 1. The summed E-state index contributed by atoms with van der Waals surface area (Å²) in [5.74, 6) is 0.367. The molecular weight excluding hydrogens is 444 g/mol. The zero-order valence-electron chi connectivity index (χ0n) is 21.6. The Balaban J connectivity index is 1.83. The van der Waals surface area contributed by atoms with Crippen molar-refractivity contribution in [3.63, 3.8) is 0 Å². The molecule has 2 aromatic heterocycles. The average molecular weight is 481 g/mol. The van der Waals surface area contributed by atoms with Gasteiger partial charge < -0.3 is 9.72 Å². The van der Waals surface area contributed by atoms with Gasteiger partial charge in [0.05, 0.1) is 23.6 Å². The second kappa shape index (κ2) is 9.89. The van der Waals surface area contributed by atoms with Crippen LogP contribution in [-0.4, -0.2) is 55.8 Å². The van der Waals surface area contributed by atoms with E-state index in [0.717, 1.165) is 28.5 Å². The quantitative estimate of drug-likeness (QED) is 0.515. The molecule has 0 unspecified atom stereocenters. The molecule has 1 fully saturated rings. The first-order valence-electron chi connectivity index (χ1n) is 12.5. The van der Waals surface area contributed by atoms with Crippen LogP contribution in [0.25, 0.3) is 10.9 Å². The lowest BCUT2D eigenvalue weighted by atomic mass is 9.93. The van der Waals surface area contributed by atoms with Crippen LogP contribution < -0.4 is 5.56 Å². The van der Waals surface area contributed by atoms with Gasteiger partial charge in [0, 0.05) is 24.0 Å². The summed E-state index contributed by atoms with van der Waals surface area (Å²) < 4.78 is 7.10. The van der Waals surface area contributed by atoms with Gasteiger partial charge in [0.25, 0.3) is 5.56 Å². The number of carbonyl (C=O) groups is 1. The molecule has 9 heteroatoms. The fourth-order valence-corrected chi connectivity index (χ4v) is 4.89. The van der Waals surface area contributed by atoms with E-state index < -0.39 is 6.04 Å². The van der Waals surface area contributed by atoms with Gasteiger partial charge in [0.1, 0.15) is 6.04 Å². The number of fused-ring (bicyclic) bond motifs is 1. The minimum Gasteiger partial charge on any atom is -0.466 e. The van der Waals surface area contributed by atoms with Crippen molar-refractivity contribution in [3.8, 4) is 0 Å². The van der Waals surface area contributed by atoms with Gasteiger partial charge in [-0.1, -0.05) is 19.1 Å². The molecule has 1 aliphatic heterocycles. The molecule has 0 amide bonds. The zero-order valence-corrected chi connectivity index (χ0v) is 21.6. The summed E-state index contributed by atoms with van der Waals surface area (Å²) in [7, 11) is 0. The number of carbonyl (C=O) groups excluding carboxylic acids is 1. The number of likely N-dealkylation sites (tertiary alicyclic amines) is 1. The fourth-order valence-electron chi connectivity index (χ4n) is 4.89. The summed E-state index contributed by atoms with van der Waals surface area (Å²) in [4.78, 5) is 31.2. The first-order chi connectivity index (χ1) is 16.7. The number of H-pyrrole nitrogens is 1. The van der Waals surface area contributed by atoms with Crippen LogP contribution in [-0.2, 0) is 15.1 Å². The molecule has 1 saturated heterocycles. The number of hydrogen-bond donors (Lipinski definition) is 1. The number of hydrogen-bond acceptors (Lipinski definition) is 7. The molecule has 3 aromatic rings. The first kappa shape index (κ1) is 25.0. The highest BCUT2D eigenvalue weighted by Gasteiger charge is 2.37. The number of tetrazole rings is 1. The minimum absolute atomic E-state index is 0.130. The molecular formula is C26H36N6O3. The van der Waals surface area contributed by atoms with E-state index in [-0.39, 0.29) is 23.0 Å². The number of nitrogens with zero attached hydrogens (tertiary/aromatic N) is 5. The van der Waals surface area contributed by atoms with Crippen LogP contribution in [0.2, 0.25) is 0 Å². The molecule has 4 rings (SSSR count). The number of aromatic nitrogens is 5. The number of aromatic amines is 1. The summed E-state index contributed by atoms with van der Waals surface area (Å²) in [5, 5.41) is 13.8. The molecule has 0 aliphatic carbocycles. The van der Waals surface area contributed by atoms with Crippen molar-refractivity contribution in [2.75, 3.05) is 19.7 Å². The lowest BCUT2D eigenvalue weighted by Gasteiger charge is -2.37. The van der Waals surface area contributed by atoms with Gasteiger partial charge in [-0.05, 0) is 81.5 Å². The fraction of sp³-hybridized carbons (Fsp3) is 0.577. The predicted molar refractivity (Wildman–Crippen MR) is 134 cm³/mol. The predicted octanol–water partition coefficient (Wildman–Crippen LogP) is 3.64. The largest absolute Gasteiger partial charge is 0.466 e. The maximum atomic E-state index is 13.5. The van der Waals surface area contributed by atoms with Crippen LogP contribution in [0, 0.1) is 19.8 Å². The molecule has 3 heterocycles. The summed E-state index contributed by atoms with van der Waals surface area (Å²) in [5.41, 5.74) is 3.12. The van der Waals surface area contributed by atoms with Crippen molar-refractivity contribution in [1.82, 2.24) is 30.1 Å². The van der Waals surface area contributed by atoms with Crippen molar-refractivity contribution in [2.45, 2.75) is 72.4 Å². The molecule has 1 aromatic carbocycles. The molecule has 0 radical (unpaired) electrons. The summed E-state index contributed by atoms with van der Waals surface area (Å²) in [6.07, 6.45) is 2.16. The van der Waals surface area contributed by atoms with E-state index in [1.807, 2.05) is 37.6 Å². The normalized spacial score (nSPS) is 16.5. The molecule has 35 heavy (non-hydrogen) atoms. The topological polar surface area (TPSA) is 106 Å². The summed E-state index contributed by atoms with van der Waals surface area (Å²) in [6.45, 7) is 13.8. The van der Waals surface area contributed by atoms with Crippen LogP contribution in [0.5, 0.6) is 0 Å². The smallest absolute Gasteiger partial charge is 0.309 e. The number of piperidine rings is 1. The van der Waals surface area contributed by atoms with Gasteiger partial charge in [-0.2, -0.15) is 0 Å². The third kappa shape index (κ3) is 4.74. The number of aryl methyl sites for hydroxylation is 2. The maximum absolute atomic E-state index is 13.5. The zero-order chi connectivity index (χ0) is 25.3. The Hall–Kier alpha value is -3.07. The number of ether oxygens (including phenoxy) is 1. The molecule has 0 bridgehead atoms. The second-order valence-electron chi connectivity index (χ2n) is 10.1. The minimum atomic E-state index is -0.438. The van der Waals surface area contributed by atoms with Gasteiger partial charge in [-0.3, -0.25) is 14.5 Å². The number of esters is 1. The highest BCUT2D eigenvalue weighted by Crippen LogP contribution is 2.34. The molecule has 1 aliphatic rings. The van der Waals surface area contributed by atoms with Gasteiger partial charge in [0.2, 0.25) is 0 Å². The summed E-state index contributed by atoms with van der Waals surface area (Å²) >= 11 is 0. The van der Waals surface area contributed by atoms with Crippen molar-refractivity contribution in [1.29, 1.82) is 0 Å². The van der Waals surface area contributed by atoms with E-state index in [2.05, 4.69) is 52.2 Å². The number of benzene rings is 1. The van der Waals surface area contributed by atoms with Crippen molar-refractivity contribution in [2.24, 2.45) is 5.92 Å². The number of rotatable bonds is 7. The van der Waals surface area contributed by atoms with Gasteiger partial charge in [-0.15, -0.1) is 5.10 Å². The van der Waals surface area contributed by atoms with E-state index in [4.69, 9.17) is 4.74 Å². The van der Waals surface area contributed by atoms with E-state index in [1.165, 1.54) is 0 Å². The monoisotopic (exact) mass is 480 g/mol. The maximum Gasteiger partial charge on any atom is 0.309 e. The average Bonchev–Trinajstić information content (AvgIpc) is 3.33. The van der Waals surface area contributed by atoms with E-state index in [0.29, 0.717) is 43.9 Å². The molecule has 1 atom stereocenters. The second-order valence-corrected chi connectivity index (χ2v) is 10.1. The Morgan fingerprint density at radius 1 is 1.20 bits per heavy atom. The Bertz CT molecular complexity index is 1270. The SMILES string of the molecule is CCOC(=O)C1CCN([C@H](c2cc3c(C)ccc(C)c3[nH]c2=O)c2nnnn2C(C)(C)CC)CC1. The highest BCUT2D eigenvalue weighted by atomic mass is 16.5.